The number of piperidine rings is 1. The van der Waals surface area contributed by atoms with Gasteiger partial charge in [0.25, 0.3) is 5.91 Å². The Balaban J connectivity index is 1.69. The van der Waals surface area contributed by atoms with Crippen molar-refractivity contribution in [2.75, 3.05) is 18.4 Å². The summed E-state index contributed by atoms with van der Waals surface area (Å²) in [5.74, 6) is -0.454. The van der Waals surface area contributed by atoms with Crippen LogP contribution < -0.4 is 11.1 Å². The third-order valence-corrected chi connectivity index (χ3v) is 6.64. The highest BCUT2D eigenvalue weighted by Crippen LogP contribution is 2.37. The van der Waals surface area contributed by atoms with Crippen LogP contribution in [-0.2, 0) is 11.2 Å². The fraction of sp³-hybridized carbons (Fsp3) is 0.520. The predicted molar refractivity (Wildman–Crippen MR) is 127 cm³/mol. The molecule has 3 N–H and O–H groups in total. The minimum Gasteiger partial charge on any atom is -0.373 e. The zero-order chi connectivity index (χ0) is 23.9. The number of aromatic nitrogens is 2. The molecule has 2 aromatic rings. The predicted octanol–water partition coefficient (Wildman–Crippen LogP) is 3.25. The molecular weight excluding hydrogens is 418 g/mol. The highest BCUT2D eigenvalue weighted by atomic mass is 16.2. The van der Waals surface area contributed by atoms with Crippen LogP contribution in [0.5, 0.6) is 0 Å². The molecule has 0 saturated carbocycles. The van der Waals surface area contributed by atoms with E-state index in [1.807, 2.05) is 11.8 Å². The molecule has 2 amide bonds. The first kappa shape index (κ1) is 23.0. The number of fused-ring (bicyclic) bond motifs is 1. The van der Waals surface area contributed by atoms with Crippen molar-refractivity contribution in [2.45, 2.75) is 65.8 Å². The Labute approximate surface area is 194 Å². The number of nitrogens with two attached hydrogens (primary N) is 1. The van der Waals surface area contributed by atoms with Gasteiger partial charge in [0.05, 0.1) is 28.2 Å². The molecule has 0 spiro atoms. The number of anilines is 1. The summed E-state index contributed by atoms with van der Waals surface area (Å²) in [5.41, 5.74) is 9.26. The molecular formula is C25H33N5O3. The van der Waals surface area contributed by atoms with Gasteiger partial charge in [0.15, 0.2) is 5.78 Å². The van der Waals surface area contributed by atoms with Crippen molar-refractivity contribution >= 4 is 23.3 Å². The molecule has 33 heavy (non-hydrogen) atoms. The number of benzene rings is 1. The lowest BCUT2D eigenvalue weighted by Crippen LogP contribution is -2.44. The number of nitrogens with one attached hydrogen (secondary N) is 1. The summed E-state index contributed by atoms with van der Waals surface area (Å²) in [6.45, 7) is 9.33. The Morgan fingerprint density at radius 2 is 1.85 bits per heavy atom. The zero-order valence-corrected chi connectivity index (χ0v) is 19.9. The van der Waals surface area contributed by atoms with Gasteiger partial charge < -0.3 is 16.0 Å². The highest BCUT2D eigenvalue weighted by Gasteiger charge is 2.36. The largest absolute Gasteiger partial charge is 0.373 e. The molecule has 1 fully saturated rings. The van der Waals surface area contributed by atoms with E-state index in [9.17, 15) is 14.4 Å². The van der Waals surface area contributed by atoms with Gasteiger partial charge in [-0.25, -0.2) is 4.68 Å². The smallest absolute Gasteiger partial charge is 0.250 e. The molecule has 0 radical (unpaired) electrons. The van der Waals surface area contributed by atoms with Gasteiger partial charge in [0, 0.05) is 25.2 Å². The number of amides is 2. The van der Waals surface area contributed by atoms with Gasteiger partial charge in [-0.05, 0) is 63.1 Å². The maximum absolute atomic E-state index is 12.9. The van der Waals surface area contributed by atoms with E-state index in [1.54, 1.807) is 29.8 Å². The molecule has 4 rings (SSSR count). The molecule has 0 bridgehead atoms. The van der Waals surface area contributed by atoms with Crippen molar-refractivity contribution in [3.63, 3.8) is 0 Å². The van der Waals surface area contributed by atoms with Crippen LogP contribution in [0.3, 0.4) is 0 Å². The minimum absolute atomic E-state index is 0.00943. The molecule has 1 aromatic heterocycles. The van der Waals surface area contributed by atoms with E-state index in [-0.39, 0.29) is 17.1 Å². The Kier molecular flexibility index (Phi) is 6.03. The van der Waals surface area contributed by atoms with E-state index in [1.165, 1.54) is 0 Å². The molecule has 2 heterocycles. The number of hydrogen-bond donors (Lipinski definition) is 2. The summed E-state index contributed by atoms with van der Waals surface area (Å²) >= 11 is 0. The third-order valence-electron chi connectivity index (χ3n) is 6.64. The first-order chi connectivity index (χ1) is 15.6. The first-order valence-corrected chi connectivity index (χ1v) is 11.7. The van der Waals surface area contributed by atoms with Crippen molar-refractivity contribution in [3.05, 3.63) is 40.7 Å². The fourth-order valence-corrected chi connectivity index (χ4v) is 5.03. The fourth-order valence-electron chi connectivity index (χ4n) is 5.03. The minimum atomic E-state index is -0.573. The number of Topliss-reactive ketones (excluding diaryl/α,β-unsaturated/α-hetero) is 1. The van der Waals surface area contributed by atoms with Crippen LogP contribution in [0.2, 0.25) is 0 Å². The molecule has 8 nitrogen and oxygen atoms in total. The average Bonchev–Trinajstić information content (AvgIpc) is 3.08. The number of hydrogen-bond acceptors (Lipinski definition) is 5. The molecule has 1 atom stereocenters. The standard InChI is InChI=1S/C25H33N5O3/c1-15-22-20(13-25(3,4)14-21(22)31)30(28-15)17-8-9-18(23(26)32)19(12-17)27-16(2)24(33)29-10-6-5-7-11-29/h8-9,12,16,27H,5-7,10-11,13-14H2,1-4H3,(H2,26,32). The van der Waals surface area contributed by atoms with Crippen LogP contribution in [-0.4, -0.2) is 51.4 Å². The van der Waals surface area contributed by atoms with Gasteiger partial charge in [0.2, 0.25) is 5.91 Å². The second-order valence-electron chi connectivity index (χ2n) is 10.1. The molecule has 1 aromatic carbocycles. The van der Waals surface area contributed by atoms with Crippen LogP contribution in [0.4, 0.5) is 5.69 Å². The number of rotatable bonds is 5. The van der Waals surface area contributed by atoms with Crippen molar-refractivity contribution in [1.29, 1.82) is 0 Å². The molecule has 1 saturated heterocycles. The van der Waals surface area contributed by atoms with E-state index >= 15 is 0 Å². The lowest BCUT2D eigenvalue weighted by atomic mass is 9.75. The lowest BCUT2D eigenvalue weighted by Gasteiger charge is -2.30. The number of ketones is 1. The summed E-state index contributed by atoms with van der Waals surface area (Å²) in [6.07, 6.45) is 4.39. The summed E-state index contributed by atoms with van der Waals surface area (Å²) in [7, 11) is 0. The molecule has 1 unspecified atom stereocenters. The normalized spacial score (nSPS) is 18.5. The number of carbonyl (C=O) groups is 3. The monoisotopic (exact) mass is 451 g/mol. The summed E-state index contributed by atoms with van der Waals surface area (Å²) in [4.78, 5) is 39.7. The van der Waals surface area contributed by atoms with Crippen molar-refractivity contribution in [3.8, 4) is 5.69 Å². The maximum Gasteiger partial charge on any atom is 0.250 e. The SMILES string of the molecule is Cc1nn(-c2ccc(C(N)=O)c(NC(C)C(=O)N3CCCCC3)c2)c2c1C(=O)CC(C)(C)C2. The Hall–Kier alpha value is -3.16. The molecule has 1 aliphatic heterocycles. The second kappa shape index (κ2) is 8.65. The Bertz CT molecular complexity index is 1110. The average molecular weight is 452 g/mol. The molecule has 8 heteroatoms. The van der Waals surface area contributed by atoms with Gasteiger partial charge in [-0.1, -0.05) is 13.8 Å². The number of carbonyl (C=O) groups excluding carboxylic acids is 3. The van der Waals surface area contributed by atoms with Crippen LogP contribution in [0, 0.1) is 12.3 Å². The van der Waals surface area contributed by atoms with E-state index in [4.69, 9.17) is 5.73 Å². The first-order valence-electron chi connectivity index (χ1n) is 11.7. The third kappa shape index (κ3) is 4.51. The van der Waals surface area contributed by atoms with E-state index in [0.717, 1.165) is 50.2 Å². The van der Waals surface area contributed by atoms with Crippen molar-refractivity contribution < 1.29 is 14.4 Å². The van der Waals surface area contributed by atoms with E-state index in [2.05, 4.69) is 24.3 Å². The van der Waals surface area contributed by atoms with Crippen LogP contribution >= 0.6 is 0 Å². The van der Waals surface area contributed by atoms with Gasteiger partial charge >= 0.3 is 0 Å². The van der Waals surface area contributed by atoms with Gasteiger partial charge in [-0.15, -0.1) is 0 Å². The topological polar surface area (TPSA) is 110 Å². The van der Waals surface area contributed by atoms with Gasteiger partial charge in [0.1, 0.15) is 6.04 Å². The van der Waals surface area contributed by atoms with Crippen molar-refractivity contribution in [2.24, 2.45) is 11.1 Å². The van der Waals surface area contributed by atoms with E-state index in [0.29, 0.717) is 28.9 Å². The zero-order valence-electron chi connectivity index (χ0n) is 19.9. The molecule has 1 aliphatic carbocycles. The van der Waals surface area contributed by atoms with E-state index < -0.39 is 11.9 Å². The Morgan fingerprint density at radius 1 is 1.15 bits per heavy atom. The summed E-state index contributed by atoms with van der Waals surface area (Å²) < 4.78 is 1.79. The van der Waals surface area contributed by atoms with Crippen molar-refractivity contribution in [1.82, 2.24) is 14.7 Å². The summed E-state index contributed by atoms with van der Waals surface area (Å²) in [5, 5.41) is 7.87. The van der Waals surface area contributed by atoms with Gasteiger partial charge in [-0.2, -0.15) is 5.10 Å². The van der Waals surface area contributed by atoms with Crippen LogP contribution in [0.15, 0.2) is 18.2 Å². The van der Waals surface area contributed by atoms with Gasteiger partial charge in [-0.3, -0.25) is 14.4 Å². The number of primary amides is 1. The maximum atomic E-state index is 12.9. The lowest BCUT2D eigenvalue weighted by molar-refractivity contribution is -0.132. The van der Waals surface area contributed by atoms with Crippen LogP contribution in [0.1, 0.15) is 78.6 Å². The number of aryl methyl sites for hydroxylation is 1. The highest BCUT2D eigenvalue weighted by molar-refractivity contribution is 6.01. The van der Waals surface area contributed by atoms with Crippen LogP contribution in [0.25, 0.3) is 5.69 Å². The number of nitrogens with zero attached hydrogens (tertiary/aromatic N) is 3. The Morgan fingerprint density at radius 3 is 2.52 bits per heavy atom. The second-order valence-corrected chi connectivity index (χ2v) is 10.1. The molecule has 2 aliphatic rings. The molecule has 176 valence electrons. The quantitative estimate of drug-likeness (QED) is 0.725. The summed E-state index contributed by atoms with van der Waals surface area (Å²) in [6, 6.07) is 4.71. The number of likely N-dealkylation sites (tertiary alicyclic amines) is 1.